The Morgan fingerprint density at radius 1 is 1.07 bits per heavy atom. The van der Waals surface area contributed by atoms with Crippen LogP contribution < -0.4 is 4.90 Å². The first kappa shape index (κ1) is 32.4. The van der Waals surface area contributed by atoms with Gasteiger partial charge in [-0.15, -0.1) is 0 Å². The van der Waals surface area contributed by atoms with Gasteiger partial charge in [-0.25, -0.2) is 14.8 Å². The Bertz CT molecular complexity index is 1300. The van der Waals surface area contributed by atoms with Gasteiger partial charge in [-0.3, -0.25) is 4.79 Å². The van der Waals surface area contributed by atoms with E-state index in [1.807, 2.05) is 37.8 Å². The van der Waals surface area contributed by atoms with Crippen molar-refractivity contribution in [3.8, 4) is 0 Å². The van der Waals surface area contributed by atoms with Crippen LogP contribution in [0.3, 0.4) is 0 Å². The Morgan fingerprint density at radius 2 is 1.73 bits per heavy atom. The van der Waals surface area contributed by atoms with Crippen molar-refractivity contribution in [1.29, 1.82) is 0 Å². The van der Waals surface area contributed by atoms with E-state index in [1.54, 1.807) is 24.1 Å². The second kappa shape index (κ2) is 13.6. The molecule has 5 rings (SSSR count). The SMILES string of the molecule is COC1CCC(N(C[C@@H](C(=O)N2CCN(c3ncnc4c3[C@H](C)C[C@H]4O)CC2)c2ccc(Cl)cc2)C(=O)OC(C)(C)C)CC1. The number of nitrogens with zero attached hydrogens (tertiary/aromatic N) is 5. The zero-order chi connectivity index (χ0) is 31.6. The van der Waals surface area contributed by atoms with Crippen LogP contribution in [0.15, 0.2) is 30.6 Å². The molecule has 1 N–H and O–H groups in total. The van der Waals surface area contributed by atoms with Gasteiger partial charge in [0, 0.05) is 56.5 Å². The summed E-state index contributed by atoms with van der Waals surface area (Å²) < 4.78 is 11.5. The van der Waals surface area contributed by atoms with E-state index in [0.717, 1.165) is 42.6 Å². The van der Waals surface area contributed by atoms with E-state index in [1.165, 1.54) is 6.33 Å². The molecule has 2 aromatic rings. The quantitative estimate of drug-likeness (QED) is 0.441. The summed E-state index contributed by atoms with van der Waals surface area (Å²) in [5, 5.41) is 11.0. The van der Waals surface area contributed by atoms with Crippen LogP contribution in [-0.4, -0.2) is 94.5 Å². The topological polar surface area (TPSA) is 108 Å². The summed E-state index contributed by atoms with van der Waals surface area (Å²) in [6.45, 7) is 10.2. The molecule has 1 saturated carbocycles. The van der Waals surface area contributed by atoms with Gasteiger partial charge in [0.05, 0.1) is 23.8 Å². The molecule has 3 atom stereocenters. The number of benzene rings is 1. The van der Waals surface area contributed by atoms with Gasteiger partial charge in [0.1, 0.15) is 17.7 Å². The summed E-state index contributed by atoms with van der Waals surface area (Å²) >= 11 is 6.23. The number of aliphatic hydroxyl groups is 1. The van der Waals surface area contributed by atoms with E-state index in [2.05, 4.69) is 21.8 Å². The Labute approximate surface area is 265 Å². The average Bonchev–Trinajstić information content (AvgIpc) is 3.30. The lowest BCUT2D eigenvalue weighted by atomic mass is 9.90. The lowest BCUT2D eigenvalue weighted by Crippen LogP contribution is -2.53. The third-order valence-electron chi connectivity index (χ3n) is 9.17. The lowest BCUT2D eigenvalue weighted by molar-refractivity contribution is -0.133. The molecule has 1 aromatic heterocycles. The third-order valence-corrected chi connectivity index (χ3v) is 9.42. The van der Waals surface area contributed by atoms with Crippen LogP contribution in [0.25, 0.3) is 0 Å². The second-order valence-corrected chi connectivity index (χ2v) is 13.8. The molecule has 0 unspecified atom stereocenters. The number of carbonyl (C=O) groups is 2. The number of piperazine rings is 1. The van der Waals surface area contributed by atoms with Crippen molar-refractivity contribution >= 4 is 29.4 Å². The van der Waals surface area contributed by atoms with Crippen molar-refractivity contribution in [2.75, 3.05) is 44.7 Å². The van der Waals surface area contributed by atoms with Crippen molar-refractivity contribution in [3.05, 3.63) is 52.4 Å². The third kappa shape index (κ3) is 7.29. The number of ether oxygens (including phenoxy) is 2. The van der Waals surface area contributed by atoms with Crippen LogP contribution in [0.5, 0.6) is 0 Å². The van der Waals surface area contributed by atoms with Gasteiger partial charge in [0.25, 0.3) is 0 Å². The molecular formula is C33H46ClN5O5. The molecule has 1 aromatic carbocycles. The Morgan fingerprint density at radius 3 is 2.34 bits per heavy atom. The van der Waals surface area contributed by atoms with Gasteiger partial charge in [0.2, 0.25) is 5.91 Å². The van der Waals surface area contributed by atoms with E-state index in [9.17, 15) is 14.7 Å². The Hall–Kier alpha value is -2.95. The molecule has 44 heavy (non-hydrogen) atoms. The second-order valence-electron chi connectivity index (χ2n) is 13.4. The molecule has 1 saturated heterocycles. The summed E-state index contributed by atoms with van der Waals surface area (Å²) in [6.07, 6.45) is 4.65. The van der Waals surface area contributed by atoms with Gasteiger partial charge in [-0.2, -0.15) is 0 Å². The summed E-state index contributed by atoms with van der Waals surface area (Å²) in [5.41, 5.74) is 1.88. The van der Waals surface area contributed by atoms with Crippen molar-refractivity contribution < 1.29 is 24.2 Å². The van der Waals surface area contributed by atoms with Gasteiger partial charge >= 0.3 is 6.09 Å². The molecule has 2 heterocycles. The van der Waals surface area contributed by atoms with E-state index in [-0.39, 0.29) is 30.5 Å². The van der Waals surface area contributed by atoms with E-state index >= 15 is 0 Å². The predicted molar refractivity (Wildman–Crippen MR) is 169 cm³/mol. The first-order chi connectivity index (χ1) is 20.9. The highest BCUT2D eigenvalue weighted by Crippen LogP contribution is 2.43. The molecule has 0 bridgehead atoms. The van der Waals surface area contributed by atoms with Crippen LogP contribution in [0.2, 0.25) is 5.02 Å². The number of carbonyl (C=O) groups excluding carboxylic acids is 2. The summed E-state index contributed by atoms with van der Waals surface area (Å²) in [7, 11) is 1.73. The standard InChI is InChI=1S/C33H46ClN5O5/c1-21-18-27(40)29-28(21)30(36-20-35-29)37-14-16-38(17-15-37)31(41)26(22-6-8-23(34)9-7-22)19-39(32(42)44-33(2,3)4)24-10-12-25(43-5)13-11-24/h6-9,20-21,24-27,40H,10-19H2,1-5H3/t21-,24?,25?,26-,27-/m1/s1. The minimum atomic E-state index is -0.663. The molecule has 2 fully saturated rings. The molecule has 1 aliphatic heterocycles. The van der Waals surface area contributed by atoms with E-state index in [4.69, 9.17) is 21.1 Å². The number of anilines is 1. The number of halogens is 1. The number of hydrogen-bond donors (Lipinski definition) is 1. The molecule has 11 heteroatoms. The maximum Gasteiger partial charge on any atom is 0.410 e. The zero-order valence-corrected chi connectivity index (χ0v) is 27.3. The fourth-order valence-electron chi connectivity index (χ4n) is 6.82. The van der Waals surface area contributed by atoms with Crippen LogP contribution in [-0.2, 0) is 14.3 Å². The minimum Gasteiger partial charge on any atom is -0.444 e. The molecule has 10 nitrogen and oxygen atoms in total. The molecule has 3 aliphatic rings. The fourth-order valence-corrected chi connectivity index (χ4v) is 6.94. The van der Waals surface area contributed by atoms with Crippen molar-refractivity contribution in [2.24, 2.45) is 0 Å². The largest absolute Gasteiger partial charge is 0.444 e. The highest BCUT2D eigenvalue weighted by atomic mass is 35.5. The predicted octanol–water partition coefficient (Wildman–Crippen LogP) is 5.30. The summed E-state index contributed by atoms with van der Waals surface area (Å²) in [5.74, 6) is 0.416. The number of aliphatic hydroxyl groups excluding tert-OH is 1. The number of methoxy groups -OCH3 is 1. The number of fused-ring (bicyclic) bond motifs is 1. The Kier molecular flexibility index (Phi) is 10.0. The lowest BCUT2D eigenvalue weighted by Gasteiger charge is -2.41. The van der Waals surface area contributed by atoms with Crippen LogP contribution in [0.1, 0.15) is 94.6 Å². The normalized spacial score (nSPS) is 24.5. The van der Waals surface area contributed by atoms with Crippen molar-refractivity contribution in [2.45, 2.75) is 95.5 Å². The van der Waals surface area contributed by atoms with Gasteiger partial charge in [-0.1, -0.05) is 30.7 Å². The van der Waals surface area contributed by atoms with Crippen LogP contribution >= 0.6 is 11.6 Å². The monoisotopic (exact) mass is 627 g/mol. The number of amides is 2. The zero-order valence-electron chi connectivity index (χ0n) is 26.5. The van der Waals surface area contributed by atoms with Crippen LogP contribution in [0.4, 0.5) is 10.6 Å². The molecular weight excluding hydrogens is 582 g/mol. The number of aromatic nitrogens is 2. The molecule has 240 valence electrons. The average molecular weight is 628 g/mol. The van der Waals surface area contributed by atoms with Crippen molar-refractivity contribution in [1.82, 2.24) is 19.8 Å². The van der Waals surface area contributed by atoms with E-state index < -0.39 is 23.7 Å². The molecule has 0 spiro atoms. The maximum absolute atomic E-state index is 14.4. The summed E-state index contributed by atoms with van der Waals surface area (Å²) in [6, 6.07) is 7.30. The van der Waals surface area contributed by atoms with Crippen LogP contribution in [0, 0.1) is 0 Å². The molecule has 0 radical (unpaired) electrons. The number of hydrogen-bond acceptors (Lipinski definition) is 8. The van der Waals surface area contributed by atoms with Crippen molar-refractivity contribution in [3.63, 3.8) is 0 Å². The fraction of sp³-hybridized carbons (Fsp3) is 0.636. The number of rotatable bonds is 7. The Balaban J connectivity index is 1.36. The molecule has 2 amide bonds. The van der Waals surface area contributed by atoms with Gasteiger partial charge < -0.3 is 29.3 Å². The maximum atomic E-state index is 14.4. The summed E-state index contributed by atoms with van der Waals surface area (Å²) in [4.78, 5) is 42.8. The first-order valence-corrected chi connectivity index (χ1v) is 16.2. The smallest absolute Gasteiger partial charge is 0.410 e. The van der Waals surface area contributed by atoms with Gasteiger partial charge in [-0.05, 0) is 76.5 Å². The molecule has 2 aliphatic carbocycles. The first-order valence-electron chi connectivity index (χ1n) is 15.8. The van der Waals surface area contributed by atoms with Gasteiger partial charge in [0.15, 0.2) is 0 Å². The highest BCUT2D eigenvalue weighted by Gasteiger charge is 2.38. The highest BCUT2D eigenvalue weighted by molar-refractivity contribution is 6.30. The van der Waals surface area contributed by atoms with E-state index in [0.29, 0.717) is 43.3 Å². The minimum absolute atomic E-state index is 0.0252.